The standard InChI is InChI=1S/C19H22O4/c1-12(13-6-5-7-14(8-13)22-3)15-9-19(17(21)23-4)11-18(15,2)10-16(19)20/h5-8H,9-11H2,1-4H3/b15-12-. The maximum atomic E-state index is 12.4. The molecule has 0 heterocycles. The second-order valence-corrected chi connectivity index (χ2v) is 6.92. The number of hydrogen-bond donors (Lipinski definition) is 0. The van der Waals surface area contributed by atoms with Crippen LogP contribution in [0.5, 0.6) is 5.75 Å². The summed E-state index contributed by atoms with van der Waals surface area (Å²) in [5, 5.41) is 0. The van der Waals surface area contributed by atoms with Gasteiger partial charge in [0.15, 0.2) is 5.78 Å². The summed E-state index contributed by atoms with van der Waals surface area (Å²) >= 11 is 0. The number of fused-ring (bicyclic) bond motifs is 2. The van der Waals surface area contributed by atoms with Crippen molar-refractivity contribution in [3.63, 3.8) is 0 Å². The van der Waals surface area contributed by atoms with Crippen molar-refractivity contribution in [2.45, 2.75) is 33.1 Å². The van der Waals surface area contributed by atoms with Crippen LogP contribution in [0.1, 0.15) is 38.7 Å². The molecule has 4 nitrogen and oxygen atoms in total. The molecule has 0 spiro atoms. The molecule has 2 unspecified atom stereocenters. The Bertz CT molecular complexity index is 708. The van der Waals surface area contributed by atoms with E-state index in [1.54, 1.807) is 7.11 Å². The number of ether oxygens (including phenoxy) is 2. The fourth-order valence-electron chi connectivity index (χ4n) is 4.31. The first-order valence-electron chi connectivity index (χ1n) is 7.83. The number of hydrogen-bond acceptors (Lipinski definition) is 4. The van der Waals surface area contributed by atoms with Gasteiger partial charge in [0.2, 0.25) is 0 Å². The smallest absolute Gasteiger partial charge is 0.319 e. The van der Waals surface area contributed by atoms with Crippen molar-refractivity contribution >= 4 is 17.3 Å². The van der Waals surface area contributed by atoms with E-state index in [9.17, 15) is 9.59 Å². The van der Waals surface area contributed by atoms with E-state index >= 15 is 0 Å². The lowest BCUT2D eigenvalue weighted by Crippen LogP contribution is -2.36. The molecule has 2 bridgehead atoms. The Labute approximate surface area is 136 Å². The zero-order chi connectivity index (χ0) is 16.8. The predicted molar refractivity (Wildman–Crippen MR) is 87.0 cm³/mol. The number of carbonyl (C=O) groups is 2. The molecule has 0 aromatic heterocycles. The minimum absolute atomic E-state index is 0.0223. The molecule has 3 rings (SSSR count). The molecular weight excluding hydrogens is 292 g/mol. The highest BCUT2D eigenvalue weighted by Gasteiger charge is 2.65. The van der Waals surface area contributed by atoms with Crippen LogP contribution in [-0.2, 0) is 14.3 Å². The molecule has 2 atom stereocenters. The summed E-state index contributed by atoms with van der Waals surface area (Å²) in [5.41, 5.74) is 2.17. The van der Waals surface area contributed by atoms with E-state index in [4.69, 9.17) is 9.47 Å². The Balaban J connectivity index is 2.07. The molecule has 2 aliphatic rings. The lowest BCUT2D eigenvalue weighted by Gasteiger charge is -2.28. The second kappa shape index (κ2) is 5.22. The number of ketones is 1. The Kier molecular flexibility index (Phi) is 3.58. The largest absolute Gasteiger partial charge is 0.497 e. The summed E-state index contributed by atoms with van der Waals surface area (Å²) in [5.74, 6) is 0.434. The molecule has 0 saturated heterocycles. The van der Waals surface area contributed by atoms with E-state index in [0.717, 1.165) is 16.9 Å². The third-order valence-electron chi connectivity index (χ3n) is 5.52. The van der Waals surface area contributed by atoms with E-state index in [-0.39, 0.29) is 17.2 Å². The lowest BCUT2D eigenvalue weighted by molar-refractivity contribution is -0.156. The first kappa shape index (κ1) is 15.8. The maximum Gasteiger partial charge on any atom is 0.319 e. The van der Waals surface area contributed by atoms with E-state index in [1.165, 1.54) is 12.7 Å². The fourth-order valence-corrected chi connectivity index (χ4v) is 4.31. The minimum atomic E-state index is -0.973. The van der Waals surface area contributed by atoms with Gasteiger partial charge in [0.25, 0.3) is 0 Å². The summed E-state index contributed by atoms with van der Waals surface area (Å²) < 4.78 is 10.2. The highest BCUT2D eigenvalue weighted by atomic mass is 16.5. The molecule has 0 radical (unpaired) electrons. The predicted octanol–water partition coefficient (Wildman–Crippen LogP) is 3.40. The Morgan fingerprint density at radius 3 is 2.61 bits per heavy atom. The molecule has 122 valence electrons. The van der Waals surface area contributed by atoms with Crippen LogP contribution >= 0.6 is 0 Å². The molecule has 2 aliphatic carbocycles. The topological polar surface area (TPSA) is 52.6 Å². The number of benzene rings is 1. The van der Waals surface area contributed by atoms with Gasteiger partial charge >= 0.3 is 5.97 Å². The lowest BCUT2D eigenvalue weighted by atomic mass is 9.75. The normalized spacial score (nSPS) is 31.2. The van der Waals surface area contributed by atoms with Gasteiger partial charge < -0.3 is 9.47 Å². The summed E-state index contributed by atoms with van der Waals surface area (Å²) in [6, 6.07) is 7.88. The quantitative estimate of drug-likeness (QED) is 0.634. The summed E-state index contributed by atoms with van der Waals surface area (Å²) in [6.45, 7) is 4.15. The van der Waals surface area contributed by atoms with E-state index in [1.807, 2.05) is 24.3 Å². The van der Waals surface area contributed by atoms with Crippen molar-refractivity contribution in [2.24, 2.45) is 10.8 Å². The first-order chi connectivity index (χ1) is 10.9. The second-order valence-electron chi connectivity index (χ2n) is 6.92. The van der Waals surface area contributed by atoms with Gasteiger partial charge in [-0.2, -0.15) is 0 Å². The van der Waals surface area contributed by atoms with Crippen LogP contribution < -0.4 is 4.74 Å². The van der Waals surface area contributed by atoms with Crippen LogP contribution in [0.4, 0.5) is 0 Å². The Morgan fingerprint density at radius 2 is 1.96 bits per heavy atom. The van der Waals surface area contributed by atoms with Crippen molar-refractivity contribution in [1.82, 2.24) is 0 Å². The van der Waals surface area contributed by atoms with Crippen molar-refractivity contribution in [3.05, 3.63) is 35.4 Å². The fraction of sp³-hybridized carbons (Fsp3) is 0.474. The molecule has 1 aromatic rings. The molecule has 23 heavy (non-hydrogen) atoms. The summed E-state index contributed by atoms with van der Waals surface area (Å²) in [6.07, 6.45) is 1.44. The average molecular weight is 314 g/mol. The molecule has 0 aliphatic heterocycles. The SMILES string of the molecule is COC(=O)C12C/C(=C(\C)c3cccc(OC)c3)C(C)(CC1=O)C2. The number of esters is 1. The van der Waals surface area contributed by atoms with Crippen LogP contribution in [0.25, 0.3) is 5.57 Å². The van der Waals surface area contributed by atoms with E-state index in [0.29, 0.717) is 19.3 Å². The number of allylic oxidation sites excluding steroid dienone is 2. The minimum Gasteiger partial charge on any atom is -0.497 e. The Hall–Kier alpha value is -2.10. The molecular formula is C19H22O4. The number of methoxy groups -OCH3 is 2. The molecule has 1 aromatic carbocycles. The zero-order valence-corrected chi connectivity index (χ0v) is 14.1. The summed E-state index contributed by atoms with van der Waals surface area (Å²) in [7, 11) is 3.00. The molecule has 0 N–H and O–H groups in total. The molecule has 4 heteroatoms. The third kappa shape index (κ3) is 2.19. The zero-order valence-electron chi connectivity index (χ0n) is 14.1. The van der Waals surface area contributed by atoms with Crippen molar-refractivity contribution in [2.75, 3.05) is 14.2 Å². The van der Waals surface area contributed by atoms with Gasteiger partial charge in [-0.1, -0.05) is 24.6 Å². The average Bonchev–Trinajstić information content (AvgIpc) is 3.01. The van der Waals surface area contributed by atoms with Crippen LogP contribution in [0.3, 0.4) is 0 Å². The highest BCUT2D eigenvalue weighted by Crippen LogP contribution is 2.64. The van der Waals surface area contributed by atoms with E-state index in [2.05, 4.69) is 13.8 Å². The van der Waals surface area contributed by atoms with Crippen molar-refractivity contribution in [3.8, 4) is 5.75 Å². The monoisotopic (exact) mass is 314 g/mol. The first-order valence-corrected chi connectivity index (χ1v) is 7.83. The highest BCUT2D eigenvalue weighted by molar-refractivity contribution is 6.08. The number of rotatable bonds is 3. The number of carbonyl (C=O) groups excluding carboxylic acids is 2. The molecule has 0 amide bonds. The van der Waals surface area contributed by atoms with E-state index < -0.39 is 5.41 Å². The van der Waals surface area contributed by atoms with Crippen LogP contribution in [-0.4, -0.2) is 26.0 Å². The van der Waals surface area contributed by atoms with Crippen LogP contribution in [0.2, 0.25) is 0 Å². The third-order valence-corrected chi connectivity index (χ3v) is 5.52. The van der Waals surface area contributed by atoms with Gasteiger partial charge in [-0.15, -0.1) is 0 Å². The van der Waals surface area contributed by atoms with Gasteiger partial charge in [-0.25, -0.2) is 0 Å². The van der Waals surface area contributed by atoms with Gasteiger partial charge in [-0.3, -0.25) is 9.59 Å². The maximum absolute atomic E-state index is 12.4. The van der Waals surface area contributed by atoms with Crippen molar-refractivity contribution < 1.29 is 19.1 Å². The van der Waals surface area contributed by atoms with Gasteiger partial charge in [0, 0.05) is 6.42 Å². The van der Waals surface area contributed by atoms with Crippen LogP contribution in [0, 0.1) is 10.8 Å². The van der Waals surface area contributed by atoms with Gasteiger partial charge in [-0.05, 0) is 48.4 Å². The van der Waals surface area contributed by atoms with Gasteiger partial charge in [0.05, 0.1) is 14.2 Å². The summed E-state index contributed by atoms with van der Waals surface area (Å²) in [4.78, 5) is 24.7. The molecule has 2 fully saturated rings. The molecule has 2 saturated carbocycles. The van der Waals surface area contributed by atoms with Crippen molar-refractivity contribution in [1.29, 1.82) is 0 Å². The Morgan fingerprint density at radius 1 is 1.22 bits per heavy atom. The van der Waals surface area contributed by atoms with Crippen LogP contribution in [0.15, 0.2) is 29.8 Å². The number of Topliss-reactive ketones (excluding diaryl/α,β-unsaturated/α-hetero) is 1. The van der Waals surface area contributed by atoms with Gasteiger partial charge in [0.1, 0.15) is 11.2 Å².